The number of allylic oxidation sites excluding steroid dienone is 1. The molecule has 0 saturated heterocycles. The zero-order valence-electron chi connectivity index (χ0n) is 20.5. The normalized spacial score (nSPS) is 15.2. The lowest BCUT2D eigenvalue weighted by Gasteiger charge is -2.24. The highest BCUT2D eigenvalue weighted by atomic mass is 79.9. The lowest BCUT2D eigenvalue weighted by atomic mass is 9.96. The van der Waals surface area contributed by atoms with Crippen LogP contribution >= 0.6 is 38.9 Å². The SMILES string of the molecule is COC(=O)C1=C(C)N=c2sc(=Cc3cc(Br)ccc3OCc3ccccc3Cl)c(=O)n2C1c1ccccc1. The van der Waals surface area contributed by atoms with Crippen LogP contribution in [0.3, 0.4) is 0 Å². The predicted molar refractivity (Wildman–Crippen MR) is 152 cm³/mol. The van der Waals surface area contributed by atoms with Crippen molar-refractivity contribution >= 4 is 50.9 Å². The molecule has 2 heterocycles. The highest BCUT2D eigenvalue weighted by Crippen LogP contribution is 2.30. The van der Waals surface area contributed by atoms with Crippen LogP contribution in [0.5, 0.6) is 5.75 Å². The Kier molecular flexibility index (Phi) is 7.65. The van der Waals surface area contributed by atoms with Gasteiger partial charge in [0, 0.05) is 20.6 Å². The van der Waals surface area contributed by atoms with E-state index in [1.54, 1.807) is 17.6 Å². The van der Waals surface area contributed by atoms with Crippen molar-refractivity contribution < 1.29 is 14.3 Å². The van der Waals surface area contributed by atoms with Gasteiger partial charge in [0.15, 0.2) is 4.80 Å². The number of carbonyl (C=O) groups is 1. The molecule has 0 bridgehead atoms. The molecule has 1 atom stereocenters. The Morgan fingerprint density at radius 2 is 1.87 bits per heavy atom. The Labute approximate surface area is 236 Å². The zero-order chi connectivity index (χ0) is 26.8. The molecule has 0 spiro atoms. The van der Waals surface area contributed by atoms with Crippen molar-refractivity contribution in [3.8, 4) is 5.75 Å². The summed E-state index contributed by atoms with van der Waals surface area (Å²) in [7, 11) is 1.33. The summed E-state index contributed by atoms with van der Waals surface area (Å²) < 4.78 is 14.0. The summed E-state index contributed by atoms with van der Waals surface area (Å²) in [6, 6.07) is 21.9. The van der Waals surface area contributed by atoms with Crippen molar-refractivity contribution in [3.63, 3.8) is 0 Å². The third-order valence-electron chi connectivity index (χ3n) is 6.14. The number of rotatable bonds is 6. The molecule has 4 aromatic rings. The van der Waals surface area contributed by atoms with Crippen LogP contribution in [0.4, 0.5) is 0 Å². The van der Waals surface area contributed by atoms with Gasteiger partial charge in [0.05, 0.1) is 29.0 Å². The van der Waals surface area contributed by atoms with E-state index in [0.717, 1.165) is 21.2 Å². The molecule has 0 fully saturated rings. The van der Waals surface area contributed by atoms with E-state index in [9.17, 15) is 9.59 Å². The first-order valence-electron chi connectivity index (χ1n) is 11.7. The minimum absolute atomic E-state index is 0.256. The van der Waals surface area contributed by atoms with E-state index in [1.165, 1.54) is 18.4 Å². The number of ether oxygens (including phenoxy) is 2. The molecule has 1 aliphatic heterocycles. The topological polar surface area (TPSA) is 69.9 Å². The number of hydrogen-bond donors (Lipinski definition) is 0. The highest BCUT2D eigenvalue weighted by Gasteiger charge is 2.32. The number of methoxy groups -OCH3 is 1. The van der Waals surface area contributed by atoms with Gasteiger partial charge in [-0.2, -0.15) is 0 Å². The standard InChI is InChI=1S/C29H22BrClN2O4S/c1-17-25(28(35)36-2)26(18-8-4-3-5-9-18)33-27(34)24(38-29(33)32-17)15-20-14-21(30)12-13-23(20)37-16-19-10-6-7-11-22(19)31/h3-15,26H,16H2,1-2H3. The molecule has 192 valence electrons. The minimum atomic E-state index is -0.652. The number of benzene rings is 3. The van der Waals surface area contributed by atoms with Crippen molar-refractivity contribution in [1.82, 2.24) is 4.57 Å². The van der Waals surface area contributed by atoms with Gasteiger partial charge < -0.3 is 9.47 Å². The quantitative estimate of drug-likeness (QED) is 0.275. The number of esters is 1. The van der Waals surface area contributed by atoms with Crippen LogP contribution in [-0.4, -0.2) is 17.6 Å². The number of nitrogens with zero attached hydrogens (tertiary/aromatic N) is 2. The maximum Gasteiger partial charge on any atom is 0.338 e. The van der Waals surface area contributed by atoms with Gasteiger partial charge in [-0.1, -0.05) is 87.4 Å². The minimum Gasteiger partial charge on any atom is -0.488 e. The van der Waals surface area contributed by atoms with Gasteiger partial charge in [-0.05, 0) is 42.8 Å². The Hall–Kier alpha value is -3.46. The van der Waals surface area contributed by atoms with Gasteiger partial charge in [-0.3, -0.25) is 9.36 Å². The van der Waals surface area contributed by atoms with E-state index in [0.29, 0.717) is 31.4 Å². The van der Waals surface area contributed by atoms with E-state index in [1.807, 2.05) is 72.8 Å². The van der Waals surface area contributed by atoms with Gasteiger partial charge in [0.2, 0.25) is 0 Å². The van der Waals surface area contributed by atoms with Crippen LogP contribution in [0.1, 0.15) is 29.7 Å². The summed E-state index contributed by atoms with van der Waals surface area (Å²) in [6.07, 6.45) is 1.79. The van der Waals surface area contributed by atoms with Crippen molar-refractivity contribution in [2.75, 3.05) is 7.11 Å². The molecule has 9 heteroatoms. The van der Waals surface area contributed by atoms with Crippen LogP contribution in [-0.2, 0) is 16.1 Å². The molecule has 6 nitrogen and oxygen atoms in total. The van der Waals surface area contributed by atoms with Crippen LogP contribution in [0.15, 0.2) is 98.3 Å². The van der Waals surface area contributed by atoms with Gasteiger partial charge in [0.1, 0.15) is 12.4 Å². The molecular formula is C29H22BrClN2O4S. The van der Waals surface area contributed by atoms with E-state index < -0.39 is 12.0 Å². The summed E-state index contributed by atoms with van der Waals surface area (Å²) in [5.41, 5.74) is 2.97. The lowest BCUT2D eigenvalue weighted by Crippen LogP contribution is -2.39. The zero-order valence-corrected chi connectivity index (χ0v) is 23.6. The fourth-order valence-electron chi connectivity index (χ4n) is 4.32. The number of halogens is 2. The van der Waals surface area contributed by atoms with Gasteiger partial charge in [0.25, 0.3) is 5.56 Å². The number of hydrogen-bond acceptors (Lipinski definition) is 6. The fraction of sp³-hybridized carbons (Fsp3) is 0.138. The molecular weight excluding hydrogens is 588 g/mol. The van der Waals surface area contributed by atoms with E-state index in [-0.39, 0.29) is 12.2 Å². The Bertz CT molecular complexity index is 1740. The van der Waals surface area contributed by atoms with Crippen molar-refractivity contribution in [2.24, 2.45) is 4.99 Å². The summed E-state index contributed by atoms with van der Waals surface area (Å²) >= 11 is 11.1. The predicted octanol–water partition coefficient (Wildman–Crippen LogP) is 5.40. The van der Waals surface area contributed by atoms with Gasteiger partial charge >= 0.3 is 5.97 Å². The Morgan fingerprint density at radius 3 is 2.61 bits per heavy atom. The maximum absolute atomic E-state index is 13.8. The second-order valence-corrected chi connectivity index (χ2v) is 10.9. The highest BCUT2D eigenvalue weighted by molar-refractivity contribution is 9.10. The first-order valence-corrected chi connectivity index (χ1v) is 13.7. The largest absolute Gasteiger partial charge is 0.488 e. The summed E-state index contributed by atoms with van der Waals surface area (Å²) in [6.45, 7) is 2.04. The van der Waals surface area contributed by atoms with Crippen LogP contribution < -0.4 is 19.6 Å². The number of carbonyl (C=O) groups excluding carboxylic acids is 1. The molecule has 1 unspecified atom stereocenters. The molecule has 38 heavy (non-hydrogen) atoms. The summed E-state index contributed by atoms with van der Waals surface area (Å²) in [5, 5.41) is 0.622. The first kappa shape index (κ1) is 26.2. The number of thiazole rings is 1. The van der Waals surface area contributed by atoms with Crippen molar-refractivity contribution in [1.29, 1.82) is 0 Å². The summed E-state index contributed by atoms with van der Waals surface area (Å²) in [4.78, 5) is 31.7. The molecule has 0 aliphatic carbocycles. The second-order valence-electron chi connectivity index (χ2n) is 8.55. The monoisotopic (exact) mass is 608 g/mol. The van der Waals surface area contributed by atoms with Crippen molar-refractivity contribution in [2.45, 2.75) is 19.6 Å². The molecule has 0 N–H and O–H groups in total. The van der Waals surface area contributed by atoms with Crippen LogP contribution in [0, 0.1) is 0 Å². The molecule has 5 rings (SSSR count). The average Bonchev–Trinajstić information content (AvgIpc) is 3.22. The Balaban J connectivity index is 1.62. The summed E-state index contributed by atoms with van der Waals surface area (Å²) in [5.74, 6) is 0.0848. The van der Waals surface area contributed by atoms with Crippen molar-refractivity contribution in [3.05, 3.63) is 130 Å². The lowest BCUT2D eigenvalue weighted by molar-refractivity contribution is -0.136. The average molecular weight is 610 g/mol. The number of fused-ring (bicyclic) bond motifs is 1. The van der Waals surface area contributed by atoms with Gasteiger partial charge in [-0.15, -0.1) is 0 Å². The molecule has 1 aliphatic rings. The maximum atomic E-state index is 13.8. The van der Waals surface area contributed by atoms with Crippen LogP contribution in [0.2, 0.25) is 5.02 Å². The van der Waals surface area contributed by atoms with Crippen LogP contribution in [0.25, 0.3) is 6.08 Å². The van der Waals surface area contributed by atoms with E-state index in [2.05, 4.69) is 20.9 Å². The third-order valence-corrected chi connectivity index (χ3v) is 7.99. The first-order chi connectivity index (χ1) is 18.4. The van der Waals surface area contributed by atoms with Gasteiger partial charge in [-0.25, -0.2) is 9.79 Å². The molecule has 1 aromatic heterocycles. The smallest absolute Gasteiger partial charge is 0.338 e. The second kappa shape index (κ2) is 11.1. The number of aromatic nitrogens is 1. The molecule has 0 saturated carbocycles. The molecule has 3 aromatic carbocycles. The van der Waals surface area contributed by atoms with E-state index >= 15 is 0 Å². The third kappa shape index (κ3) is 5.12. The Morgan fingerprint density at radius 1 is 1.13 bits per heavy atom. The fourth-order valence-corrected chi connectivity index (χ4v) is 5.93. The molecule has 0 amide bonds. The van der Waals surface area contributed by atoms with E-state index in [4.69, 9.17) is 21.1 Å². The molecule has 0 radical (unpaired) electrons.